The number of halogens is 2. The van der Waals surface area contributed by atoms with E-state index in [2.05, 4.69) is 15.3 Å². The van der Waals surface area contributed by atoms with E-state index in [1.165, 1.54) is 6.33 Å². The molecule has 0 bridgehead atoms. The summed E-state index contributed by atoms with van der Waals surface area (Å²) < 4.78 is 0. The van der Waals surface area contributed by atoms with E-state index in [-0.39, 0.29) is 10.8 Å². The van der Waals surface area contributed by atoms with Gasteiger partial charge in [-0.15, -0.1) is 0 Å². The third kappa shape index (κ3) is 2.45. The minimum atomic E-state index is 0.153. The number of nitrogens with two attached hydrogens (primary N) is 1. The molecule has 0 fully saturated rings. The Kier molecular flexibility index (Phi) is 3.51. The van der Waals surface area contributed by atoms with Gasteiger partial charge in [-0.1, -0.05) is 23.2 Å². The van der Waals surface area contributed by atoms with Gasteiger partial charge in [0.2, 0.25) is 0 Å². The smallest absolute Gasteiger partial charge is 0.158 e. The Labute approximate surface area is 113 Å². The fraction of sp³-hybridized carbons (Fsp3) is 0. The van der Waals surface area contributed by atoms with Crippen molar-refractivity contribution in [2.24, 2.45) is 0 Å². The van der Waals surface area contributed by atoms with E-state index in [1.807, 2.05) is 6.07 Å². The van der Waals surface area contributed by atoms with Crippen LogP contribution in [0, 0.1) is 11.3 Å². The monoisotopic (exact) mass is 279 g/mol. The van der Waals surface area contributed by atoms with Crippen LogP contribution in [0.15, 0.2) is 24.5 Å². The molecule has 0 aliphatic rings. The summed E-state index contributed by atoms with van der Waals surface area (Å²) in [5.74, 6) is 0.340. The molecule has 2 aromatic rings. The Balaban J connectivity index is 2.40. The van der Waals surface area contributed by atoms with Crippen LogP contribution in [0.4, 0.5) is 17.2 Å². The molecule has 3 N–H and O–H groups in total. The van der Waals surface area contributed by atoms with E-state index >= 15 is 0 Å². The molecule has 5 nitrogen and oxygen atoms in total. The normalized spacial score (nSPS) is 9.83. The van der Waals surface area contributed by atoms with Crippen LogP contribution < -0.4 is 11.1 Å². The Bertz CT molecular complexity index is 636. The van der Waals surface area contributed by atoms with Gasteiger partial charge in [-0.05, 0) is 18.2 Å². The molecular weight excluding hydrogens is 273 g/mol. The van der Waals surface area contributed by atoms with Crippen LogP contribution in [0.5, 0.6) is 0 Å². The first-order chi connectivity index (χ1) is 8.61. The van der Waals surface area contributed by atoms with Gasteiger partial charge < -0.3 is 11.1 Å². The number of nitrogen functional groups attached to an aromatic ring is 1. The van der Waals surface area contributed by atoms with Crippen LogP contribution in [-0.4, -0.2) is 9.97 Å². The Morgan fingerprint density at radius 1 is 1.28 bits per heavy atom. The lowest BCUT2D eigenvalue weighted by Crippen LogP contribution is -2.01. The fourth-order valence-corrected chi connectivity index (χ4v) is 1.59. The van der Waals surface area contributed by atoms with Crippen molar-refractivity contribution in [1.82, 2.24) is 9.97 Å². The molecule has 0 saturated heterocycles. The SMILES string of the molecule is N#Cc1ccc(Cl)c(Nc2ncnc(Cl)c2N)c1. The van der Waals surface area contributed by atoms with E-state index in [9.17, 15) is 0 Å². The third-order valence-corrected chi connectivity index (χ3v) is 2.81. The number of rotatable bonds is 2. The van der Waals surface area contributed by atoms with E-state index < -0.39 is 0 Å². The largest absolute Gasteiger partial charge is 0.393 e. The molecule has 0 aliphatic carbocycles. The molecule has 90 valence electrons. The number of anilines is 3. The topological polar surface area (TPSA) is 87.6 Å². The molecule has 1 aromatic carbocycles. The van der Waals surface area contributed by atoms with E-state index in [0.717, 1.165) is 0 Å². The molecule has 0 spiro atoms. The van der Waals surface area contributed by atoms with Crippen LogP contribution in [0.25, 0.3) is 0 Å². The number of hydrogen-bond donors (Lipinski definition) is 2. The van der Waals surface area contributed by atoms with E-state index in [4.69, 9.17) is 34.2 Å². The third-order valence-electron chi connectivity index (χ3n) is 2.18. The minimum Gasteiger partial charge on any atom is -0.393 e. The summed E-state index contributed by atoms with van der Waals surface area (Å²) in [7, 11) is 0. The number of nitriles is 1. The van der Waals surface area contributed by atoms with Crippen LogP contribution >= 0.6 is 23.2 Å². The lowest BCUT2D eigenvalue weighted by Gasteiger charge is -2.10. The molecular formula is C11H7Cl2N5. The van der Waals surface area contributed by atoms with Crippen LogP contribution in [0.3, 0.4) is 0 Å². The maximum atomic E-state index is 8.83. The average molecular weight is 280 g/mol. The highest BCUT2D eigenvalue weighted by molar-refractivity contribution is 6.33. The molecule has 1 heterocycles. The summed E-state index contributed by atoms with van der Waals surface area (Å²) in [6.45, 7) is 0. The molecule has 2 rings (SSSR count). The Morgan fingerprint density at radius 2 is 2.06 bits per heavy atom. The predicted molar refractivity (Wildman–Crippen MR) is 70.9 cm³/mol. The van der Waals surface area contributed by atoms with Crippen molar-refractivity contribution in [3.05, 3.63) is 40.3 Å². The van der Waals surface area contributed by atoms with Gasteiger partial charge in [0.05, 0.1) is 22.3 Å². The highest BCUT2D eigenvalue weighted by Gasteiger charge is 2.08. The zero-order valence-electron chi connectivity index (χ0n) is 8.98. The van der Waals surface area contributed by atoms with Crippen molar-refractivity contribution in [2.75, 3.05) is 11.1 Å². The first-order valence-corrected chi connectivity index (χ1v) is 5.60. The summed E-state index contributed by atoms with van der Waals surface area (Å²) in [6, 6.07) is 6.84. The summed E-state index contributed by atoms with van der Waals surface area (Å²) in [5.41, 5.74) is 6.94. The van der Waals surface area contributed by atoms with E-state index in [1.54, 1.807) is 18.2 Å². The van der Waals surface area contributed by atoms with Crippen molar-refractivity contribution in [2.45, 2.75) is 0 Å². The first-order valence-electron chi connectivity index (χ1n) is 4.84. The second-order valence-electron chi connectivity index (χ2n) is 3.36. The molecule has 0 atom stereocenters. The van der Waals surface area contributed by atoms with E-state index in [0.29, 0.717) is 22.1 Å². The number of nitrogens with zero attached hydrogens (tertiary/aromatic N) is 3. The van der Waals surface area contributed by atoms with Gasteiger partial charge in [0, 0.05) is 0 Å². The molecule has 0 unspecified atom stereocenters. The lowest BCUT2D eigenvalue weighted by atomic mass is 10.2. The Hall–Kier alpha value is -2.03. The Morgan fingerprint density at radius 3 is 2.78 bits per heavy atom. The van der Waals surface area contributed by atoms with Crippen molar-refractivity contribution < 1.29 is 0 Å². The number of nitrogens with one attached hydrogen (secondary N) is 1. The van der Waals surface area contributed by atoms with Crippen LogP contribution in [-0.2, 0) is 0 Å². The standard InChI is InChI=1S/C11H7Cl2N5/c12-7-2-1-6(4-14)3-8(7)18-11-9(15)10(13)16-5-17-11/h1-3,5H,15H2,(H,16,17,18). The molecule has 0 amide bonds. The molecule has 0 saturated carbocycles. The summed E-state index contributed by atoms with van der Waals surface area (Å²) in [5, 5.41) is 12.3. The van der Waals surface area contributed by atoms with Crippen molar-refractivity contribution in [3.63, 3.8) is 0 Å². The highest BCUT2D eigenvalue weighted by atomic mass is 35.5. The number of benzene rings is 1. The number of hydrogen-bond acceptors (Lipinski definition) is 5. The van der Waals surface area contributed by atoms with Crippen LogP contribution in [0.2, 0.25) is 10.2 Å². The second-order valence-corrected chi connectivity index (χ2v) is 4.12. The molecule has 0 radical (unpaired) electrons. The van der Waals surface area contributed by atoms with Gasteiger partial charge in [0.1, 0.15) is 12.0 Å². The summed E-state index contributed by atoms with van der Waals surface area (Å²) in [4.78, 5) is 7.70. The van der Waals surface area contributed by atoms with Gasteiger partial charge >= 0.3 is 0 Å². The molecule has 1 aromatic heterocycles. The average Bonchev–Trinajstić information content (AvgIpc) is 2.37. The van der Waals surface area contributed by atoms with Gasteiger partial charge in [0.25, 0.3) is 0 Å². The van der Waals surface area contributed by atoms with Gasteiger partial charge in [0.15, 0.2) is 11.0 Å². The van der Waals surface area contributed by atoms with Gasteiger partial charge in [-0.25, -0.2) is 9.97 Å². The molecule has 18 heavy (non-hydrogen) atoms. The van der Waals surface area contributed by atoms with Crippen LogP contribution in [0.1, 0.15) is 5.56 Å². The van der Waals surface area contributed by atoms with Crippen molar-refractivity contribution in [3.8, 4) is 6.07 Å². The fourth-order valence-electron chi connectivity index (χ4n) is 1.29. The lowest BCUT2D eigenvalue weighted by molar-refractivity contribution is 1.17. The maximum absolute atomic E-state index is 8.83. The highest BCUT2D eigenvalue weighted by Crippen LogP contribution is 2.29. The zero-order valence-corrected chi connectivity index (χ0v) is 10.5. The van der Waals surface area contributed by atoms with Crippen molar-refractivity contribution >= 4 is 40.4 Å². The maximum Gasteiger partial charge on any atom is 0.158 e. The predicted octanol–water partition coefficient (Wildman–Crippen LogP) is 2.98. The second kappa shape index (κ2) is 5.08. The minimum absolute atomic E-state index is 0.153. The first kappa shape index (κ1) is 12.4. The summed E-state index contributed by atoms with van der Waals surface area (Å²) >= 11 is 11.8. The summed E-state index contributed by atoms with van der Waals surface area (Å²) in [6.07, 6.45) is 1.28. The van der Waals surface area contributed by atoms with Gasteiger partial charge in [-0.3, -0.25) is 0 Å². The molecule has 0 aliphatic heterocycles. The molecule has 7 heteroatoms. The zero-order chi connectivity index (χ0) is 13.1. The van der Waals surface area contributed by atoms with Gasteiger partial charge in [-0.2, -0.15) is 5.26 Å². The van der Waals surface area contributed by atoms with Crippen molar-refractivity contribution in [1.29, 1.82) is 5.26 Å². The number of aromatic nitrogens is 2. The quantitative estimate of drug-likeness (QED) is 0.825.